The highest BCUT2D eigenvalue weighted by atomic mass is 19.1. The average molecular weight is 371 g/mol. The molecule has 0 saturated heterocycles. The first-order valence-corrected chi connectivity index (χ1v) is 8.34. The maximum Gasteiger partial charge on any atom is 0.317 e. The standard InChI is InChI=1S/C19H19F2N5O/c1-13(14-4-7-17(8-5-14)26-12-22-11-23-26)24-19(27)25(2)10-15-3-6-16(20)9-18(15)21/h3-9,11-13H,10H2,1-2H3,(H,24,27). The molecule has 140 valence electrons. The van der Waals surface area contributed by atoms with Crippen molar-refractivity contribution in [1.82, 2.24) is 25.0 Å². The van der Waals surface area contributed by atoms with E-state index in [1.165, 1.54) is 23.4 Å². The lowest BCUT2D eigenvalue weighted by Crippen LogP contribution is -2.38. The quantitative estimate of drug-likeness (QED) is 0.747. The molecule has 3 aromatic rings. The Balaban J connectivity index is 1.61. The zero-order valence-electron chi connectivity index (χ0n) is 14.9. The van der Waals surface area contributed by atoms with Crippen LogP contribution < -0.4 is 5.32 Å². The zero-order chi connectivity index (χ0) is 19.4. The van der Waals surface area contributed by atoms with Gasteiger partial charge in [0.25, 0.3) is 0 Å². The molecule has 2 aromatic carbocycles. The monoisotopic (exact) mass is 371 g/mol. The highest BCUT2D eigenvalue weighted by molar-refractivity contribution is 5.74. The molecule has 0 aliphatic rings. The Bertz CT molecular complexity index is 912. The van der Waals surface area contributed by atoms with Gasteiger partial charge in [-0.05, 0) is 30.7 Å². The minimum Gasteiger partial charge on any atom is -0.331 e. The van der Waals surface area contributed by atoms with Gasteiger partial charge in [0.15, 0.2) is 0 Å². The fourth-order valence-electron chi connectivity index (χ4n) is 2.61. The van der Waals surface area contributed by atoms with Crippen molar-refractivity contribution in [3.8, 4) is 5.69 Å². The van der Waals surface area contributed by atoms with E-state index in [4.69, 9.17) is 0 Å². The molecule has 0 aliphatic carbocycles. The van der Waals surface area contributed by atoms with Crippen LogP contribution in [0.5, 0.6) is 0 Å². The van der Waals surface area contributed by atoms with Crippen LogP contribution in [-0.2, 0) is 6.54 Å². The number of nitrogens with one attached hydrogen (secondary N) is 1. The molecule has 27 heavy (non-hydrogen) atoms. The maximum absolute atomic E-state index is 13.7. The number of carbonyl (C=O) groups excluding carboxylic acids is 1. The summed E-state index contributed by atoms with van der Waals surface area (Å²) in [6.45, 7) is 1.89. The molecule has 0 aliphatic heterocycles. The smallest absolute Gasteiger partial charge is 0.317 e. The van der Waals surface area contributed by atoms with Crippen molar-refractivity contribution < 1.29 is 13.6 Å². The SMILES string of the molecule is CC(NC(=O)N(C)Cc1ccc(F)cc1F)c1ccc(-n2cncn2)cc1. The summed E-state index contributed by atoms with van der Waals surface area (Å²) in [5.74, 6) is -1.32. The van der Waals surface area contributed by atoms with E-state index in [1.807, 2.05) is 31.2 Å². The van der Waals surface area contributed by atoms with Crippen LogP contribution in [0.25, 0.3) is 5.69 Å². The molecule has 1 atom stereocenters. The fraction of sp³-hybridized carbons (Fsp3) is 0.211. The van der Waals surface area contributed by atoms with Gasteiger partial charge in [0.1, 0.15) is 24.3 Å². The Morgan fingerprint density at radius 1 is 1.22 bits per heavy atom. The Kier molecular flexibility index (Phi) is 5.44. The van der Waals surface area contributed by atoms with Crippen LogP contribution in [0.1, 0.15) is 24.1 Å². The predicted molar refractivity (Wildman–Crippen MR) is 96.1 cm³/mol. The van der Waals surface area contributed by atoms with Gasteiger partial charge < -0.3 is 10.2 Å². The molecule has 1 N–H and O–H groups in total. The van der Waals surface area contributed by atoms with Crippen LogP contribution in [0.3, 0.4) is 0 Å². The molecular formula is C19H19F2N5O. The second-order valence-corrected chi connectivity index (χ2v) is 6.19. The molecule has 2 amide bonds. The van der Waals surface area contributed by atoms with E-state index in [9.17, 15) is 13.6 Å². The number of hydrogen-bond donors (Lipinski definition) is 1. The van der Waals surface area contributed by atoms with Gasteiger partial charge in [0, 0.05) is 25.2 Å². The molecule has 1 aromatic heterocycles. The Labute approximate surface area is 155 Å². The lowest BCUT2D eigenvalue weighted by molar-refractivity contribution is 0.203. The van der Waals surface area contributed by atoms with Gasteiger partial charge in [-0.15, -0.1) is 0 Å². The normalized spacial score (nSPS) is 11.9. The number of urea groups is 1. The highest BCUT2D eigenvalue weighted by Gasteiger charge is 2.15. The number of nitrogens with zero attached hydrogens (tertiary/aromatic N) is 4. The first kappa shape index (κ1) is 18.5. The third kappa shape index (κ3) is 4.46. The van der Waals surface area contributed by atoms with Crippen molar-refractivity contribution in [3.05, 3.63) is 77.9 Å². The fourth-order valence-corrected chi connectivity index (χ4v) is 2.61. The number of rotatable bonds is 5. The van der Waals surface area contributed by atoms with Crippen LogP contribution in [0.2, 0.25) is 0 Å². The molecule has 0 saturated carbocycles. The molecular weight excluding hydrogens is 352 g/mol. The predicted octanol–water partition coefficient (Wildman–Crippen LogP) is 3.45. The van der Waals surface area contributed by atoms with E-state index in [0.717, 1.165) is 17.3 Å². The van der Waals surface area contributed by atoms with Crippen LogP contribution in [0.4, 0.5) is 13.6 Å². The van der Waals surface area contributed by atoms with E-state index < -0.39 is 11.6 Å². The van der Waals surface area contributed by atoms with Crippen LogP contribution >= 0.6 is 0 Å². The maximum atomic E-state index is 13.7. The molecule has 8 heteroatoms. The van der Waals surface area contributed by atoms with E-state index in [0.29, 0.717) is 0 Å². The van der Waals surface area contributed by atoms with Gasteiger partial charge in [0.05, 0.1) is 11.7 Å². The molecule has 6 nitrogen and oxygen atoms in total. The van der Waals surface area contributed by atoms with Gasteiger partial charge in [-0.25, -0.2) is 23.2 Å². The van der Waals surface area contributed by atoms with Crippen molar-refractivity contribution in [2.24, 2.45) is 0 Å². The van der Waals surface area contributed by atoms with Gasteiger partial charge >= 0.3 is 6.03 Å². The second kappa shape index (κ2) is 7.94. The number of aromatic nitrogens is 3. The van der Waals surface area contributed by atoms with E-state index in [-0.39, 0.29) is 24.2 Å². The Morgan fingerprint density at radius 2 is 1.96 bits per heavy atom. The van der Waals surface area contributed by atoms with Crippen molar-refractivity contribution >= 4 is 6.03 Å². The van der Waals surface area contributed by atoms with Gasteiger partial charge in [-0.3, -0.25) is 0 Å². The molecule has 0 bridgehead atoms. The number of carbonyl (C=O) groups is 1. The van der Waals surface area contributed by atoms with Crippen molar-refractivity contribution in [1.29, 1.82) is 0 Å². The molecule has 1 heterocycles. The highest BCUT2D eigenvalue weighted by Crippen LogP contribution is 2.16. The average Bonchev–Trinajstić information content (AvgIpc) is 3.18. The molecule has 0 radical (unpaired) electrons. The van der Waals surface area contributed by atoms with E-state index in [1.54, 1.807) is 18.1 Å². The Morgan fingerprint density at radius 3 is 2.59 bits per heavy atom. The lowest BCUT2D eigenvalue weighted by Gasteiger charge is -2.22. The first-order chi connectivity index (χ1) is 12.9. The summed E-state index contributed by atoms with van der Waals surface area (Å²) in [6, 6.07) is 10.2. The third-order valence-electron chi connectivity index (χ3n) is 4.19. The summed E-state index contributed by atoms with van der Waals surface area (Å²) in [7, 11) is 1.55. The first-order valence-electron chi connectivity index (χ1n) is 8.34. The van der Waals surface area contributed by atoms with Crippen molar-refractivity contribution in [3.63, 3.8) is 0 Å². The van der Waals surface area contributed by atoms with Crippen LogP contribution in [0, 0.1) is 11.6 Å². The second-order valence-electron chi connectivity index (χ2n) is 6.19. The molecule has 3 rings (SSSR count). The summed E-state index contributed by atoms with van der Waals surface area (Å²) >= 11 is 0. The minimum absolute atomic E-state index is 0.0376. The van der Waals surface area contributed by atoms with Gasteiger partial charge in [0.2, 0.25) is 0 Å². The summed E-state index contributed by atoms with van der Waals surface area (Å²) in [4.78, 5) is 17.6. The van der Waals surface area contributed by atoms with Crippen LogP contribution in [-0.4, -0.2) is 32.7 Å². The molecule has 0 fully saturated rings. The summed E-state index contributed by atoms with van der Waals surface area (Å²) in [5.41, 5.74) is 2.02. The van der Waals surface area contributed by atoms with E-state index in [2.05, 4.69) is 15.4 Å². The third-order valence-corrected chi connectivity index (χ3v) is 4.19. The summed E-state index contributed by atoms with van der Waals surface area (Å²) in [6.07, 6.45) is 3.06. The lowest BCUT2D eigenvalue weighted by atomic mass is 10.1. The number of hydrogen-bond acceptors (Lipinski definition) is 3. The minimum atomic E-state index is -0.675. The van der Waals surface area contributed by atoms with Crippen molar-refractivity contribution in [2.75, 3.05) is 7.05 Å². The van der Waals surface area contributed by atoms with E-state index >= 15 is 0 Å². The number of halogens is 2. The zero-order valence-corrected chi connectivity index (χ0v) is 14.9. The number of amides is 2. The number of benzene rings is 2. The van der Waals surface area contributed by atoms with Crippen LogP contribution in [0.15, 0.2) is 55.1 Å². The van der Waals surface area contributed by atoms with Crippen molar-refractivity contribution in [2.45, 2.75) is 19.5 Å². The topological polar surface area (TPSA) is 63.1 Å². The Hall–Kier alpha value is -3.29. The summed E-state index contributed by atoms with van der Waals surface area (Å²) < 4.78 is 28.4. The molecule has 0 spiro atoms. The summed E-state index contributed by atoms with van der Waals surface area (Å²) in [5, 5.41) is 6.92. The van der Waals surface area contributed by atoms with Gasteiger partial charge in [-0.1, -0.05) is 18.2 Å². The largest absolute Gasteiger partial charge is 0.331 e. The molecule has 1 unspecified atom stereocenters. The van der Waals surface area contributed by atoms with Gasteiger partial charge in [-0.2, -0.15) is 5.10 Å².